The molecule has 1 saturated carbocycles. The van der Waals surface area contributed by atoms with Crippen molar-refractivity contribution in [3.63, 3.8) is 0 Å². The predicted octanol–water partition coefficient (Wildman–Crippen LogP) is 2.49. The van der Waals surface area contributed by atoms with E-state index in [1.807, 2.05) is 12.2 Å². The molecular weight excluding hydrogens is 548 g/mol. The average Bonchev–Trinajstić information content (AvgIpc) is 3.40. The van der Waals surface area contributed by atoms with Crippen molar-refractivity contribution in [1.29, 1.82) is 0 Å². The number of carbonyl (C=O) groups excluding carboxylic acids is 4. The fourth-order valence-electron chi connectivity index (χ4n) is 5.87. The number of nitrogens with zero attached hydrogens (tertiary/aromatic N) is 1. The summed E-state index contributed by atoms with van der Waals surface area (Å²) >= 11 is 0. The predicted molar refractivity (Wildman–Crippen MR) is 150 cm³/mol. The number of nitrogens with one attached hydrogen (secondary N) is 2. The van der Waals surface area contributed by atoms with E-state index in [1.165, 1.54) is 11.0 Å². The first-order valence-corrected chi connectivity index (χ1v) is 15.4. The normalized spacial score (nSPS) is 27.9. The SMILES string of the molecule is NC(=O)OC1CCCCC/C=C/C2CC2(C(=O)NS(=O)(=O)c2cccc3ccccc23)NC(=O)C2CCCN2C1=O. The third-order valence-corrected chi connectivity index (χ3v) is 9.50. The molecular formula is C29H34N4O7S. The second kappa shape index (κ2) is 11.5. The highest BCUT2D eigenvalue weighted by Crippen LogP contribution is 2.46. The number of hydrogen-bond acceptors (Lipinski definition) is 7. The molecule has 0 spiro atoms. The lowest BCUT2D eigenvalue weighted by Crippen LogP contribution is -2.57. The van der Waals surface area contributed by atoms with Gasteiger partial charge in [0.2, 0.25) is 5.91 Å². The molecule has 41 heavy (non-hydrogen) atoms. The number of fused-ring (bicyclic) bond motifs is 3. The van der Waals surface area contributed by atoms with Crippen LogP contribution >= 0.6 is 0 Å². The van der Waals surface area contributed by atoms with Crippen molar-refractivity contribution >= 4 is 44.6 Å². The number of sulfonamides is 1. The van der Waals surface area contributed by atoms with E-state index in [1.54, 1.807) is 36.4 Å². The Hall–Kier alpha value is -3.93. The molecule has 2 aromatic rings. The van der Waals surface area contributed by atoms with Crippen LogP contribution < -0.4 is 15.8 Å². The van der Waals surface area contributed by atoms with Crippen molar-refractivity contribution in [2.45, 2.75) is 73.9 Å². The maximum atomic E-state index is 13.7. The van der Waals surface area contributed by atoms with Crippen LogP contribution in [-0.4, -0.2) is 61.4 Å². The molecule has 0 radical (unpaired) electrons. The maximum Gasteiger partial charge on any atom is 0.405 e. The first-order chi connectivity index (χ1) is 19.6. The molecule has 2 heterocycles. The number of ether oxygens (including phenoxy) is 1. The highest BCUT2D eigenvalue weighted by molar-refractivity contribution is 7.90. The Bertz CT molecular complexity index is 1500. The Morgan fingerprint density at radius 3 is 2.61 bits per heavy atom. The molecule has 2 fully saturated rings. The minimum absolute atomic E-state index is 0.0374. The van der Waals surface area contributed by atoms with Gasteiger partial charge in [0, 0.05) is 17.8 Å². The van der Waals surface area contributed by atoms with Crippen molar-refractivity contribution in [1.82, 2.24) is 14.9 Å². The van der Waals surface area contributed by atoms with Gasteiger partial charge in [0.1, 0.15) is 11.6 Å². The highest BCUT2D eigenvalue weighted by Gasteiger charge is 2.61. The fraction of sp³-hybridized carbons (Fsp3) is 0.448. The van der Waals surface area contributed by atoms with Crippen molar-refractivity contribution in [3.8, 4) is 0 Å². The number of hydrogen-bond donors (Lipinski definition) is 3. The summed E-state index contributed by atoms with van der Waals surface area (Å²) in [5.74, 6) is -2.30. The van der Waals surface area contributed by atoms with Crippen LogP contribution in [0.1, 0.15) is 51.4 Å². The molecule has 2 aromatic carbocycles. The van der Waals surface area contributed by atoms with Gasteiger partial charge in [-0.1, -0.05) is 55.0 Å². The molecule has 4 atom stereocenters. The van der Waals surface area contributed by atoms with Crippen LogP contribution in [0.3, 0.4) is 0 Å². The van der Waals surface area contributed by atoms with Crippen LogP contribution in [0.4, 0.5) is 4.79 Å². The van der Waals surface area contributed by atoms with Crippen LogP contribution in [0.15, 0.2) is 59.5 Å². The Kier molecular flexibility index (Phi) is 8.03. The Labute approximate surface area is 238 Å². The molecule has 4 amide bonds. The first-order valence-electron chi connectivity index (χ1n) is 13.9. The number of benzene rings is 2. The molecule has 0 aromatic heterocycles. The van der Waals surface area contributed by atoms with E-state index in [9.17, 15) is 27.6 Å². The van der Waals surface area contributed by atoms with Crippen LogP contribution in [-0.2, 0) is 29.1 Å². The van der Waals surface area contributed by atoms with Gasteiger partial charge < -0.3 is 20.7 Å². The Balaban J connectivity index is 1.42. The Morgan fingerprint density at radius 2 is 1.80 bits per heavy atom. The summed E-state index contributed by atoms with van der Waals surface area (Å²) in [6.45, 7) is 0.285. The number of rotatable bonds is 4. The van der Waals surface area contributed by atoms with Crippen LogP contribution in [0.2, 0.25) is 0 Å². The lowest BCUT2D eigenvalue weighted by atomic mass is 10.1. The van der Waals surface area contributed by atoms with Gasteiger partial charge in [0.25, 0.3) is 21.8 Å². The monoisotopic (exact) mass is 582 g/mol. The quantitative estimate of drug-likeness (QED) is 0.466. The molecule has 3 aliphatic rings. The summed E-state index contributed by atoms with van der Waals surface area (Å²) < 4.78 is 34.2. The smallest absolute Gasteiger partial charge is 0.405 e. The standard InChI is InChI=1S/C29H34N4O7S/c30-28(37)40-23-15-5-3-1-2-4-12-20-18-29(20,31-25(34)22-14-9-17-33(22)26(23)35)27(36)32-41(38,39)24-16-8-11-19-10-6-7-13-21(19)24/h4,6-8,10-13,16,20,22-23H,1-3,5,9,14-15,17-18H2,(H2,30,37)(H,31,34)(H,32,36)/b12-4+. The molecule has 11 nitrogen and oxygen atoms in total. The molecule has 218 valence electrons. The van der Waals surface area contributed by atoms with Gasteiger partial charge in [0.15, 0.2) is 6.10 Å². The van der Waals surface area contributed by atoms with Crippen molar-refractivity contribution in [3.05, 3.63) is 54.6 Å². The van der Waals surface area contributed by atoms with Gasteiger partial charge in [0.05, 0.1) is 4.90 Å². The lowest BCUT2D eigenvalue weighted by Gasteiger charge is -2.29. The number of primary amides is 1. The van der Waals surface area contributed by atoms with Gasteiger partial charge in [-0.3, -0.25) is 14.4 Å². The number of nitrogens with two attached hydrogens (primary N) is 1. The number of carbonyl (C=O) groups is 4. The Morgan fingerprint density at radius 1 is 1.02 bits per heavy atom. The fourth-order valence-corrected chi connectivity index (χ4v) is 7.14. The van der Waals surface area contributed by atoms with E-state index in [4.69, 9.17) is 10.5 Å². The first kappa shape index (κ1) is 28.6. The topological polar surface area (TPSA) is 165 Å². The van der Waals surface area contributed by atoms with Gasteiger partial charge in [-0.15, -0.1) is 0 Å². The average molecular weight is 583 g/mol. The molecule has 1 aliphatic carbocycles. The van der Waals surface area contributed by atoms with Gasteiger partial charge >= 0.3 is 6.09 Å². The number of allylic oxidation sites excluding steroid dienone is 1. The zero-order valence-electron chi connectivity index (χ0n) is 22.6. The molecule has 5 rings (SSSR count). The summed E-state index contributed by atoms with van der Waals surface area (Å²) in [5, 5.41) is 3.98. The summed E-state index contributed by atoms with van der Waals surface area (Å²) in [5.41, 5.74) is 3.74. The van der Waals surface area contributed by atoms with E-state index >= 15 is 0 Å². The molecule has 4 N–H and O–H groups in total. The molecule has 4 unspecified atom stereocenters. The van der Waals surface area contributed by atoms with E-state index in [-0.39, 0.29) is 24.3 Å². The second-order valence-corrected chi connectivity index (χ2v) is 12.5. The summed E-state index contributed by atoms with van der Waals surface area (Å²) in [6, 6.07) is 10.9. The maximum absolute atomic E-state index is 13.7. The summed E-state index contributed by atoms with van der Waals surface area (Å²) in [4.78, 5) is 53.4. The zero-order chi connectivity index (χ0) is 29.2. The minimum Gasteiger partial charge on any atom is -0.436 e. The summed E-state index contributed by atoms with van der Waals surface area (Å²) in [7, 11) is -4.28. The van der Waals surface area contributed by atoms with Gasteiger partial charge in [-0.05, 0) is 56.4 Å². The number of amides is 4. The van der Waals surface area contributed by atoms with E-state index in [0.29, 0.717) is 36.5 Å². The third kappa shape index (κ3) is 5.92. The van der Waals surface area contributed by atoms with Crippen molar-refractivity contribution in [2.24, 2.45) is 11.7 Å². The van der Waals surface area contributed by atoms with Crippen LogP contribution in [0, 0.1) is 5.92 Å². The van der Waals surface area contributed by atoms with E-state index in [0.717, 1.165) is 12.8 Å². The van der Waals surface area contributed by atoms with Crippen molar-refractivity contribution in [2.75, 3.05) is 6.54 Å². The molecule has 2 aliphatic heterocycles. The third-order valence-electron chi connectivity index (χ3n) is 8.11. The molecule has 1 saturated heterocycles. The minimum atomic E-state index is -4.28. The van der Waals surface area contributed by atoms with E-state index in [2.05, 4.69) is 10.0 Å². The van der Waals surface area contributed by atoms with Crippen molar-refractivity contribution < 1.29 is 32.3 Å². The highest BCUT2D eigenvalue weighted by atomic mass is 32.2. The molecule has 12 heteroatoms. The van der Waals surface area contributed by atoms with E-state index < -0.39 is 57.4 Å². The zero-order valence-corrected chi connectivity index (χ0v) is 23.4. The van der Waals surface area contributed by atoms with Crippen LogP contribution in [0.5, 0.6) is 0 Å². The van der Waals surface area contributed by atoms with Crippen LogP contribution in [0.25, 0.3) is 10.8 Å². The van der Waals surface area contributed by atoms with Gasteiger partial charge in [-0.25, -0.2) is 17.9 Å². The second-order valence-electron chi connectivity index (χ2n) is 10.9. The molecule has 0 bridgehead atoms. The summed E-state index contributed by atoms with van der Waals surface area (Å²) in [6.07, 6.45) is 5.92. The van der Waals surface area contributed by atoms with Gasteiger partial charge in [-0.2, -0.15) is 0 Å². The largest absolute Gasteiger partial charge is 0.436 e. The lowest BCUT2D eigenvalue weighted by molar-refractivity contribution is -0.146.